The molecule has 2 aromatic carbocycles. The molecule has 0 amide bonds. The van der Waals surface area contributed by atoms with Crippen molar-refractivity contribution in [2.75, 3.05) is 13.6 Å². The number of hydrogen-bond acceptors (Lipinski definition) is 1. The van der Waals surface area contributed by atoms with Crippen LogP contribution in [0.15, 0.2) is 48.5 Å². The summed E-state index contributed by atoms with van der Waals surface area (Å²) in [6.45, 7) is 4.16. The van der Waals surface area contributed by atoms with Crippen molar-refractivity contribution in [3.05, 3.63) is 71.2 Å². The molecule has 2 nitrogen and oxygen atoms in total. The molecule has 0 radical (unpaired) electrons. The second-order valence-electron chi connectivity index (χ2n) is 6.74. The van der Waals surface area contributed by atoms with Crippen molar-refractivity contribution >= 4 is 10.9 Å². The number of halogens is 1. The molecule has 1 atom stereocenters. The predicted octanol–water partition coefficient (Wildman–Crippen LogP) is 4.77. The van der Waals surface area contributed by atoms with Crippen molar-refractivity contribution in [3.63, 3.8) is 0 Å². The Hall–Kier alpha value is -2.13. The van der Waals surface area contributed by atoms with E-state index in [-0.39, 0.29) is 5.82 Å². The summed E-state index contributed by atoms with van der Waals surface area (Å²) in [5.74, 6) is -0.175. The van der Waals surface area contributed by atoms with Crippen LogP contribution < -0.4 is 0 Å². The van der Waals surface area contributed by atoms with Gasteiger partial charge in [0.2, 0.25) is 0 Å². The van der Waals surface area contributed by atoms with E-state index in [0.29, 0.717) is 6.04 Å². The molecule has 0 bridgehead atoms. The van der Waals surface area contributed by atoms with Crippen molar-refractivity contribution in [2.45, 2.75) is 32.4 Å². The standard InChI is InChI=1S/C21H23FN2/c1-3-18-21-17-6-4-5-7-19(17)24(20(21)12-13-23(18)2)14-15-8-10-16(22)11-9-15/h4-11,18H,3,12-14H2,1-2H3. The van der Waals surface area contributed by atoms with E-state index in [1.54, 1.807) is 12.1 Å². The molecule has 0 spiro atoms. The van der Waals surface area contributed by atoms with Crippen LogP contribution in [0.25, 0.3) is 10.9 Å². The summed E-state index contributed by atoms with van der Waals surface area (Å²) in [5.41, 5.74) is 5.38. The molecule has 0 saturated carbocycles. The highest BCUT2D eigenvalue weighted by Gasteiger charge is 2.29. The number of benzene rings is 2. The minimum atomic E-state index is -0.175. The van der Waals surface area contributed by atoms with E-state index in [4.69, 9.17) is 0 Å². The van der Waals surface area contributed by atoms with Gasteiger partial charge in [-0.05, 0) is 42.8 Å². The zero-order valence-corrected chi connectivity index (χ0v) is 14.3. The van der Waals surface area contributed by atoms with Crippen LogP contribution in [0.3, 0.4) is 0 Å². The van der Waals surface area contributed by atoms with E-state index in [9.17, 15) is 4.39 Å². The lowest BCUT2D eigenvalue weighted by molar-refractivity contribution is 0.224. The summed E-state index contributed by atoms with van der Waals surface area (Å²) in [4.78, 5) is 2.47. The Bertz CT molecular complexity index is 863. The van der Waals surface area contributed by atoms with Crippen molar-refractivity contribution in [2.24, 2.45) is 0 Å². The van der Waals surface area contributed by atoms with Crippen LogP contribution in [0, 0.1) is 5.82 Å². The first-order valence-corrected chi connectivity index (χ1v) is 8.73. The van der Waals surface area contributed by atoms with Crippen molar-refractivity contribution in [1.82, 2.24) is 9.47 Å². The maximum atomic E-state index is 13.2. The Kier molecular flexibility index (Phi) is 3.89. The van der Waals surface area contributed by atoms with Gasteiger partial charge in [0.15, 0.2) is 0 Å². The van der Waals surface area contributed by atoms with Crippen molar-refractivity contribution in [1.29, 1.82) is 0 Å². The maximum Gasteiger partial charge on any atom is 0.123 e. The minimum absolute atomic E-state index is 0.175. The molecule has 1 unspecified atom stereocenters. The van der Waals surface area contributed by atoms with Gasteiger partial charge in [-0.15, -0.1) is 0 Å². The van der Waals surface area contributed by atoms with E-state index >= 15 is 0 Å². The zero-order valence-electron chi connectivity index (χ0n) is 14.3. The van der Waals surface area contributed by atoms with Gasteiger partial charge in [0.25, 0.3) is 0 Å². The summed E-state index contributed by atoms with van der Waals surface area (Å²) in [6, 6.07) is 16.1. The molecule has 2 heterocycles. The number of aromatic nitrogens is 1. The molecule has 1 aliphatic heterocycles. The van der Waals surface area contributed by atoms with E-state index in [0.717, 1.165) is 31.5 Å². The monoisotopic (exact) mass is 322 g/mol. The first-order valence-electron chi connectivity index (χ1n) is 8.73. The Balaban J connectivity index is 1.88. The lowest BCUT2D eigenvalue weighted by Gasteiger charge is -2.33. The molecule has 0 saturated heterocycles. The molecule has 0 aliphatic carbocycles. The third kappa shape index (κ3) is 2.44. The average Bonchev–Trinajstić information content (AvgIpc) is 2.91. The number of nitrogens with zero attached hydrogens (tertiary/aromatic N) is 2. The minimum Gasteiger partial charge on any atom is -0.340 e. The average molecular weight is 322 g/mol. The molecular weight excluding hydrogens is 299 g/mol. The highest BCUT2D eigenvalue weighted by molar-refractivity contribution is 5.86. The Morgan fingerprint density at radius 3 is 2.58 bits per heavy atom. The first-order chi connectivity index (χ1) is 11.7. The maximum absolute atomic E-state index is 13.2. The van der Waals surface area contributed by atoms with E-state index in [2.05, 4.69) is 47.7 Å². The highest BCUT2D eigenvalue weighted by atomic mass is 19.1. The van der Waals surface area contributed by atoms with Gasteiger partial charge in [-0.3, -0.25) is 4.90 Å². The summed E-state index contributed by atoms with van der Waals surface area (Å²) in [7, 11) is 2.23. The van der Waals surface area contributed by atoms with Crippen LogP contribution in [0.4, 0.5) is 4.39 Å². The third-order valence-electron chi connectivity index (χ3n) is 5.33. The fourth-order valence-electron chi connectivity index (χ4n) is 4.15. The van der Waals surface area contributed by atoms with Gasteiger partial charge in [-0.2, -0.15) is 0 Å². The van der Waals surface area contributed by atoms with Crippen LogP contribution in [0.1, 0.15) is 36.2 Å². The second-order valence-corrected chi connectivity index (χ2v) is 6.74. The molecule has 1 aliphatic rings. The molecular formula is C21H23FN2. The van der Waals surface area contributed by atoms with E-state index < -0.39 is 0 Å². The zero-order chi connectivity index (χ0) is 16.7. The van der Waals surface area contributed by atoms with Crippen LogP contribution in [-0.2, 0) is 13.0 Å². The number of fused-ring (bicyclic) bond motifs is 3. The molecule has 24 heavy (non-hydrogen) atoms. The quantitative estimate of drug-likeness (QED) is 0.674. The van der Waals surface area contributed by atoms with Gasteiger partial charge in [0.05, 0.1) is 0 Å². The van der Waals surface area contributed by atoms with Crippen LogP contribution in [0.2, 0.25) is 0 Å². The number of likely N-dealkylation sites (N-methyl/N-ethyl adjacent to an activating group) is 1. The van der Waals surface area contributed by atoms with Gasteiger partial charge >= 0.3 is 0 Å². The summed E-state index contributed by atoms with van der Waals surface area (Å²) in [6.07, 6.45) is 2.19. The molecule has 3 heteroatoms. The summed E-state index contributed by atoms with van der Waals surface area (Å²) >= 11 is 0. The Labute approximate surface area is 142 Å². The van der Waals surface area contributed by atoms with Gasteiger partial charge in [0.1, 0.15) is 5.82 Å². The van der Waals surface area contributed by atoms with E-state index in [1.807, 2.05) is 12.1 Å². The van der Waals surface area contributed by atoms with Crippen molar-refractivity contribution in [3.8, 4) is 0 Å². The van der Waals surface area contributed by atoms with Crippen LogP contribution in [-0.4, -0.2) is 23.1 Å². The number of hydrogen-bond donors (Lipinski definition) is 0. The molecule has 0 N–H and O–H groups in total. The number of para-hydroxylation sites is 1. The largest absolute Gasteiger partial charge is 0.340 e. The highest BCUT2D eigenvalue weighted by Crippen LogP contribution is 2.39. The normalized spacial score (nSPS) is 18.0. The number of rotatable bonds is 3. The fourth-order valence-corrected chi connectivity index (χ4v) is 4.15. The van der Waals surface area contributed by atoms with Crippen LogP contribution >= 0.6 is 0 Å². The van der Waals surface area contributed by atoms with Gasteiger partial charge < -0.3 is 4.57 Å². The topological polar surface area (TPSA) is 8.17 Å². The molecule has 0 fully saturated rings. The van der Waals surface area contributed by atoms with Crippen LogP contribution in [0.5, 0.6) is 0 Å². The van der Waals surface area contributed by atoms with Gasteiger partial charge in [-0.1, -0.05) is 37.3 Å². The molecule has 4 rings (SSSR count). The van der Waals surface area contributed by atoms with Crippen molar-refractivity contribution < 1.29 is 4.39 Å². The fraction of sp³-hybridized carbons (Fsp3) is 0.333. The van der Waals surface area contributed by atoms with Gasteiger partial charge in [0, 0.05) is 42.1 Å². The second kappa shape index (κ2) is 6.06. The molecule has 1 aromatic heterocycles. The van der Waals surface area contributed by atoms with E-state index in [1.165, 1.54) is 22.2 Å². The third-order valence-corrected chi connectivity index (χ3v) is 5.33. The lowest BCUT2D eigenvalue weighted by atomic mass is 9.94. The molecule has 3 aromatic rings. The van der Waals surface area contributed by atoms with Gasteiger partial charge in [-0.25, -0.2) is 4.39 Å². The lowest BCUT2D eigenvalue weighted by Crippen LogP contribution is -2.32. The smallest absolute Gasteiger partial charge is 0.123 e. The summed E-state index contributed by atoms with van der Waals surface area (Å²) < 4.78 is 15.7. The first kappa shape index (κ1) is 15.4. The SMILES string of the molecule is CCC1c2c(n(Cc3ccc(F)cc3)c3ccccc23)CCN1C. The summed E-state index contributed by atoms with van der Waals surface area (Å²) in [5, 5.41) is 1.37. The predicted molar refractivity (Wildman–Crippen MR) is 96.8 cm³/mol. The molecule has 124 valence electrons. The Morgan fingerprint density at radius 2 is 1.83 bits per heavy atom. The Morgan fingerprint density at radius 1 is 1.08 bits per heavy atom.